The highest BCUT2D eigenvalue weighted by Crippen LogP contribution is 2.25. The minimum Gasteiger partial charge on any atom is -0.345 e. The predicted molar refractivity (Wildman–Crippen MR) is 86.9 cm³/mol. The van der Waals surface area contributed by atoms with E-state index in [0.717, 1.165) is 38.8 Å². The zero-order valence-corrected chi connectivity index (χ0v) is 12.3. The van der Waals surface area contributed by atoms with Gasteiger partial charge < -0.3 is 9.97 Å². The third-order valence-electron chi connectivity index (χ3n) is 4.01. The molecule has 0 amide bonds. The van der Waals surface area contributed by atoms with E-state index in [-0.39, 0.29) is 5.56 Å². The molecule has 3 heterocycles. The smallest absolute Gasteiger partial charge is 0.275 e. The van der Waals surface area contributed by atoms with Gasteiger partial charge in [0.25, 0.3) is 5.56 Å². The van der Waals surface area contributed by atoms with Crippen molar-refractivity contribution < 1.29 is 0 Å². The first-order valence-corrected chi connectivity index (χ1v) is 7.07. The molecule has 5 heteroatoms. The highest BCUT2D eigenvalue weighted by Gasteiger charge is 2.13. The van der Waals surface area contributed by atoms with E-state index in [0.29, 0.717) is 5.69 Å². The van der Waals surface area contributed by atoms with Gasteiger partial charge in [0.1, 0.15) is 11.3 Å². The average Bonchev–Trinajstić information content (AvgIpc) is 2.92. The molecule has 0 unspecified atom stereocenters. The van der Waals surface area contributed by atoms with Gasteiger partial charge in [0.05, 0.1) is 11.0 Å². The molecular formula is C17H14N4O. The lowest BCUT2D eigenvalue weighted by atomic mass is 10.1. The van der Waals surface area contributed by atoms with Crippen LogP contribution in [0, 0.1) is 13.8 Å². The van der Waals surface area contributed by atoms with Crippen molar-refractivity contribution in [3.8, 4) is 11.3 Å². The number of fused-ring (bicyclic) bond motifs is 2. The van der Waals surface area contributed by atoms with Gasteiger partial charge in [-0.25, -0.2) is 9.97 Å². The van der Waals surface area contributed by atoms with E-state index in [1.54, 1.807) is 12.4 Å². The van der Waals surface area contributed by atoms with Gasteiger partial charge in [-0.2, -0.15) is 0 Å². The Morgan fingerprint density at radius 3 is 2.82 bits per heavy atom. The molecule has 0 aliphatic heterocycles. The van der Waals surface area contributed by atoms with E-state index < -0.39 is 0 Å². The molecule has 22 heavy (non-hydrogen) atoms. The van der Waals surface area contributed by atoms with Crippen LogP contribution in [0.5, 0.6) is 0 Å². The number of nitrogens with zero attached hydrogens (tertiary/aromatic N) is 2. The van der Waals surface area contributed by atoms with Crippen LogP contribution in [0.1, 0.15) is 11.1 Å². The summed E-state index contributed by atoms with van der Waals surface area (Å²) in [7, 11) is 0. The van der Waals surface area contributed by atoms with Gasteiger partial charge in [-0.15, -0.1) is 0 Å². The van der Waals surface area contributed by atoms with Crippen LogP contribution in [-0.2, 0) is 0 Å². The number of hydrogen-bond acceptors (Lipinski definition) is 3. The monoisotopic (exact) mass is 290 g/mol. The quantitative estimate of drug-likeness (QED) is 0.565. The fourth-order valence-electron chi connectivity index (χ4n) is 2.68. The van der Waals surface area contributed by atoms with Gasteiger partial charge >= 0.3 is 0 Å². The summed E-state index contributed by atoms with van der Waals surface area (Å²) in [6.07, 6.45) is 3.49. The maximum absolute atomic E-state index is 12.4. The second kappa shape index (κ2) is 4.53. The second-order valence-corrected chi connectivity index (χ2v) is 5.47. The first kappa shape index (κ1) is 12.8. The van der Waals surface area contributed by atoms with E-state index >= 15 is 0 Å². The molecule has 4 rings (SSSR count). The Morgan fingerprint density at radius 1 is 1.14 bits per heavy atom. The number of nitrogens with one attached hydrogen (secondary N) is 2. The van der Waals surface area contributed by atoms with Crippen molar-refractivity contribution in [2.45, 2.75) is 13.8 Å². The molecule has 3 aromatic heterocycles. The molecule has 0 saturated carbocycles. The predicted octanol–water partition coefficient (Wildman–Crippen LogP) is 3.08. The van der Waals surface area contributed by atoms with Gasteiger partial charge in [0.2, 0.25) is 0 Å². The van der Waals surface area contributed by atoms with Crippen LogP contribution in [0.4, 0.5) is 0 Å². The lowest BCUT2D eigenvalue weighted by Gasteiger charge is -2.05. The van der Waals surface area contributed by atoms with Crippen LogP contribution in [0.25, 0.3) is 33.3 Å². The zero-order chi connectivity index (χ0) is 15.3. The molecule has 1 aromatic carbocycles. The van der Waals surface area contributed by atoms with Gasteiger partial charge in [0, 0.05) is 23.3 Å². The molecule has 0 bridgehead atoms. The van der Waals surface area contributed by atoms with Crippen molar-refractivity contribution in [3.05, 3.63) is 58.1 Å². The Morgan fingerprint density at radius 2 is 1.95 bits per heavy atom. The summed E-state index contributed by atoms with van der Waals surface area (Å²) in [6.45, 7) is 4.06. The van der Waals surface area contributed by atoms with E-state index in [4.69, 9.17) is 0 Å². The van der Waals surface area contributed by atoms with Crippen molar-refractivity contribution in [2.75, 3.05) is 0 Å². The van der Waals surface area contributed by atoms with E-state index in [1.165, 1.54) is 0 Å². The fourth-order valence-corrected chi connectivity index (χ4v) is 2.68. The van der Waals surface area contributed by atoms with Crippen LogP contribution in [-0.4, -0.2) is 19.9 Å². The van der Waals surface area contributed by atoms with Crippen molar-refractivity contribution in [3.63, 3.8) is 0 Å². The van der Waals surface area contributed by atoms with Gasteiger partial charge in [-0.3, -0.25) is 4.79 Å². The Hall–Kier alpha value is -2.95. The minimum absolute atomic E-state index is 0.194. The van der Waals surface area contributed by atoms with Crippen molar-refractivity contribution >= 4 is 22.1 Å². The van der Waals surface area contributed by atoms with Crippen LogP contribution in [0.3, 0.4) is 0 Å². The highest BCUT2D eigenvalue weighted by atomic mass is 16.1. The summed E-state index contributed by atoms with van der Waals surface area (Å²) in [6, 6.07) is 7.74. The number of rotatable bonds is 1. The SMILES string of the molecule is Cc1cc2nc(-c3c[nH]c4ncccc34)c(=O)[nH]c2cc1C. The Labute approximate surface area is 126 Å². The molecule has 108 valence electrons. The van der Waals surface area contributed by atoms with Crippen molar-refractivity contribution in [1.29, 1.82) is 0 Å². The summed E-state index contributed by atoms with van der Waals surface area (Å²) in [5.41, 5.74) is 5.57. The topological polar surface area (TPSA) is 74.4 Å². The second-order valence-electron chi connectivity index (χ2n) is 5.47. The maximum Gasteiger partial charge on any atom is 0.275 e. The summed E-state index contributed by atoms with van der Waals surface area (Å²) >= 11 is 0. The number of pyridine rings is 1. The minimum atomic E-state index is -0.194. The normalized spacial score (nSPS) is 11.4. The Bertz CT molecular complexity index is 1080. The van der Waals surface area contributed by atoms with Crippen LogP contribution < -0.4 is 5.56 Å². The molecule has 0 spiro atoms. The molecule has 0 saturated heterocycles. The van der Waals surface area contributed by atoms with E-state index in [1.807, 2.05) is 38.1 Å². The van der Waals surface area contributed by atoms with Crippen molar-refractivity contribution in [1.82, 2.24) is 19.9 Å². The molecule has 0 radical (unpaired) electrons. The number of hydrogen-bond donors (Lipinski definition) is 2. The Kier molecular flexibility index (Phi) is 2.63. The number of aryl methyl sites for hydroxylation is 2. The largest absolute Gasteiger partial charge is 0.345 e. The first-order valence-electron chi connectivity index (χ1n) is 7.07. The average molecular weight is 290 g/mol. The van der Waals surface area contributed by atoms with Crippen LogP contribution in [0.15, 0.2) is 41.5 Å². The highest BCUT2D eigenvalue weighted by molar-refractivity contribution is 5.93. The molecule has 4 aromatic rings. The van der Waals surface area contributed by atoms with E-state index in [9.17, 15) is 4.79 Å². The van der Waals surface area contributed by atoms with Crippen molar-refractivity contribution in [2.24, 2.45) is 0 Å². The molecule has 2 N–H and O–H groups in total. The first-order chi connectivity index (χ1) is 10.6. The molecule has 5 nitrogen and oxygen atoms in total. The third-order valence-corrected chi connectivity index (χ3v) is 4.01. The molecule has 0 fully saturated rings. The number of aromatic nitrogens is 4. The van der Waals surface area contributed by atoms with E-state index in [2.05, 4.69) is 19.9 Å². The zero-order valence-electron chi connectivity index (χ0n) is 12.3. The van der Waals surface area contributed by atoms with Gasteiger partial charge in [-0.1, -0.05) is 0 Å². The molecule has 0 aliphatic rings. The Balaban J connectivity index is 2.04. The number of aromatic amines is 2. The summed E-state index contributed by atoms with van der Waals surface area (Å²) in [4.78, 5) is 27.3. The standard InChI is InChI=1S/C17H14N4O/c1-9-6-13-14(7-10(9)2)21-17(22)15(20-13)12-8-19-16-11(12)4-3-5-18-16/h3-8H,1-2H3,(H,18,19)(H,21,22). The van der Waals surface area contributed by atoms with Gasteiger partial charge in [0.15, 0.2) is 0 Å². The molecular weight excluding hydrogens is 276 g/mol. The molecule has 0 aliphatic carbocycles. The molecule has 0 atom stereocenters. The van der Waals surface area contributed by atoms with Crippen LogP contribution >= 0.6 is 0 Å². The maximum atomic E-state index is 12.4. The van der Waals surface area contributed by atoms with Crippen LogP contribution in [0.2, 0.25) is 0 Å². The number of H-pyrrole nitrogens is 2. The fraction of sp³-hybridized carbons (Fsp3) is 0.118. The number of benzene rings is 1. The summed E-state index contributed by atoms with van der Waals surface area (Å²) < 4.78 is 0. The lowest BCUT2D eigenvalue weighted by molar-refractivity contribution is 1.21. The third kappa shape index (κ3) is 1.83. The summed E-state index contributed by atoms with van der Waals surface area (Å²) in [5, 5.41) is 0.892. The van der Waals surface area contributed by atoms with Gasteiger partial charge in [-0.05, 0) is 49.2 Å². The lowest BCUT2D eigenvalue weighted by Crippen LogP contribution is -2.11. The summed E-state index contributed by atoms with van der Waals surface area (Å²) in [5.74, 6) is 0.